The van der Waals surface area contributed by atoms with Crippen molar-refractivity contribution in [3.8, 4) is 0 Å². The van der Waals surface area contributed by atoms with Crippen LogP contribution < -0.4 is 0 Å². The van der Waals surface area contributed by atoms with Crippen molar-refractivity contribution >= 4 is 22.9 Å². The Hall–Kier alpha value is 0.570. The highest BCUT2D eigenvalue weighted by Gasteiger charge is 2.17. The van der Waals surface area contributed by atoms with Gasteiger partial charge in [-0.15, -0.1) is 0 Å². The lowest BCUT2D eigenvalue weighted by atomic mass is 10.1. The van der Waals surface area contributed by atoms with E-state index in [1.807, 2.05) is 0 Å². The molecule has 78 valence electrons. The molecule has 0 aromatic rings. The topological polar surface area (TPSA) is 46.9 Å². The van der Waals surface area contributed by atoms with Crippen molar-refractivity contribution in [2.24, 2.45) is 5.92 Å². The van der Waals surface area contributed by atoms with Gasteiger partial charge in [-0.2, -0.15) is 0 Å². The standard InChI is InChI=1S/C8H17IN2O2/c9-11-3-1-10(2-4-11)5-8(6-12)7-13/h8,12-13H,1-7H2. The lowest BCUT2D eigenvalue weighted by molar-refractivity contribution is 0.0970. The van der Waals surface area contributed by atoms with Crippen LogP contribution in [-0.2, 0) is 0 Å². The molecule has 1 aliphatic rings. The van der Waals surface area contributed by atoms with Crippen molar-refractivity contribution in [1.29, 1.82) is 0 Å². The maximum atomic E-state index is 8.91. The summed E-state index contributed by atoms with van der Waals surface area (Å²) in [6.45, 7) is 5.21. The Bertz CT molecular complexity index is 136. The molecule has 0 atom stereocenters. The van der Waals surface area contributed by atoms with E-state index in [1.165, 1.54) is 0 Å². The van der Waals surface area contributed by atoms with Crippen LogP contribution >= 0.6 is 22.9 Å². The van der Waals surface area contributed by atoms with Crippen LogP contribution in [0.1, 0.15) is 0 Å². The van der Waals surface area contributed by atoms with Gasteiger partial charge in [0.15, 0.2) is 0 Å². The zero-order valence-electron chi connectivity index (χ0n) is 7.69. The van der Waals surface area contributed by atoms with E-state index in [2.05, 4.69) is 30.9 Å². The van der Waals surface area contributed by atoms with E-state index in [-0.39, 0.29) is 19.1 Å². The first kappa shape index (κ1) is 11.6. The van der Waals surface area contributed by atoms with E-state index < -0.39 is 0 Å². The van der Waals surface area contributed by atoms with Gasteiger partial charge in [0.05, 0.1) is 0 Å². The summed E-state index contributed by atoms with van der Waals surface area (Å²) in [6.07, 6.45) is 0. The third-order valence-corrected chi connectivity index (χ3v) is 3.32. The second-order valence-corrected chi connectivity index (χ2v) is 4.81. The summed E-state index contributed by atoms with van der Waals surface area (Å²) < 4.78 is 2.27. The minimum Gasteiger partial charge on any atom is -0.396 e. The summed E-state index contributed by atoms with van der Waals surface area (Å²) in [5.74, 6) is 0.0285. The van der Waals surface area contributed by atoms with Crippen LogP contribution in [0.4, 0.5) is 0 Å². The fourth-order valence-electron chi connectivity index (χ4n) is 1.44. The van der Waals surface area contributed by atoms with E-state index in [0.29, 0.717) is 0 Å². The zero-order chi connectivity index (χ0) is 9.68. The molecule has 0 aromatic heterocycles. The summed E-state index contributed by atoms with van der Waals surface area (Å²) in [5.41, 5.74) is 0. The Labute approximate surface area is 93.0 Å². The minimum absolute atomic E-state index is 0.0285. The van der Waals surface area contributed by atoms with Crippen molar-refractivity contribution in [1.82, 2.24) is 8.01 Å². The molecule has 0 aromatic carbocycles. The van der Waals surface area contributed by atoms with E-state index in [9.17, 15) is 0 Å². The molecular weight excluding hydrogens is 283 g/mol. The maximum absolute atomic E-state index is 8.91. The predicted molar refractivity (Wildman–Crippen MR) is 59.7 cm³/mol. The van der Waals surface area contributed by atoms with Gasteiger partial charge in [0.25, 0.3) is 0 Å². The molecule has 1 rings (SSSR count). The van der Waals surface area contributed by atoms with Gasteiger partial charge in [-0.05, 0) is 0 Å². The number of halogens is 1. The largest absolute Gasteiger partial charge is 0.396 e. The number of aliphatic hydroxyl groups excluding tert-OH is 2. The van der Waals surface area contributed by atoms with Gasteiger partial charge >= 0.3 is 0 Å². The molecule has 2 N–H and O–H groups in total. The molecule has 0 spiro atoms. The van der Waals surface area contributed by atoms with Crippen LogP contribution in [0.25, 0.3) is 0 Å². The van der Waals surface area contributed by atoms with Gasteiger partial charge in [-0.3, -0.25) is 0 Å². The average molecular weight is 300 g/mol. The minimum atomic E-state index is 0.0285. The highest BCUT2D eigenvalue weighted by molar-refractivity contribution is 14.1. The zero-order valence-corrected chi connectivity index (χ0v) is 9.85. The molecule has 1 saturated heterocycles. The summed E-state index contributed by atoms with van der Waals surface area (Å²) >= 11 is 2.33. The van der Waals surface area contributed by atoms with Crippen molar-refractivity contribution in [3.63, 3.8) is 0 Å². The van der Waals surface area contributed by atoms with Crippen LogP contribution in [0.5, 0.6) is 0 Å². The number of hydrogen-bond acceptors (Lipinski definition) is 4. The van der Waals surface area contributed by atoms with E-state index in [0.717, 1.165) is 32.7 Å². The molecule has 0 saturated carbocycles. The molecule has 1 aliphatic heterocycles. The van der Waals surface area contributed by atoms with E-state index in [4.69, 9.17) is 10.2 Å². The molecule has 0 bridgehead atoms. The smallest absolute Gasteiger partial charge is 0.0493 e. The lowest BCUT2D eigenvalue weighted by Crippen LogP contribution is -2.45. The number of nitrogens with zero attached hydrogens (tertiary/aromatic N) is 2. The van der Waals surface area contributed by atoms with Crippen LogP contribution in [0, 0.1) is 5.92 Å². The second kappa shape index (κ2) is 6.13. The second-order valence-electron chi connectivity index (χ2n) is 3.44. The van der Waals surface area contributed by atoms with E-state index in [1.54, 1.807) is 0 Å². The third-order valence-electron chi connectivity index (χ3n) is 2.35. The first-order valence-corrected chi connectivity index (χ1v) is 5.57. The molecule has 0 amide bonds. The summed E-state index contributed by atoms with van der Waals surface area (Å²) in [6, 6.07) is 0. The first-order valence-electron chi connectivity index (χ1n) is 4.61. The molecule has 4 nitrogen and oxygen atoms in total. The van der Waals surface area contributed by atoms with Crippen LogP contribution in [0.2, 0.25) is 0 Å². The van der Waals surface area contributed by atoms with Gasteiger partial charge in [-0.1, -0.05) is 0 Å². The molecule has 1 fully saturated rings. The Kier molecular flexibility index (Phi) is 5.49. The Balaban J connectivity index is 2.21. The highest BCUT2D eigenvalue weighted by Crippen LogP contribution is 2.08. The molecule has 13 heavy (non-hydrogen) atoms. The molecule has 0 unspecified atom stereocenters. The quantitative estimate of drug-likeness (QED) is 0.546. The fraction of sp³-hybridized carbons (Fsp3) is 1.00. The molecule has 1 heterocycles. The predicted octanol–water partition coefficient (Wildman–Crippen LogP) is -0.445. The summed E-state index contributed by atoms with van der Waals surface area (Å²) in [7, 11) is 0. The first-order chi connectivity index (χ1) is 6.26. The maximum Gasteiger partial charge on any atom is 0.0493 e. The van der Waals surface area contributed by atoms with Crippen molar-refractivity contribution in [3.05, 3.63) is 0 Å². The van der Waals surface area contributed by atoms with Gasteiger partial charge in [-0.25, -0.2) is 3.11 Å². The van der Waals surface area contributed by atoms with Crippen LogP contribution in [0.15, 0.2) is 0 Å². The summed E-state index contributed by atoms with van der Waals surface area (Å²) in [4.78, 5) is 2.30. The molecule has 5 heteroatoms. The normalized spacial score (nSPS) is 21.2. The highest BCUT2D eigenvalue weighted by atomic mass is 127. The van der Waals surface area contributed by atoms with E-state index >= 15 is 0 Å². The number of piperazine rings is 1. The fourth-order valence-corrected chi connectivity index (χ4v) is 1.88. The number of hydrogen-bond donors (Lipinski definition) is 2. The molecule has 0 radical (unpaired) electrons. The van der Waals surface area contributed by atoms with Gasteiger partial charge in [0.2, 0.25) is 0 Å². The SMILES string of the molecule is OCC(CO)CN1CCN(I)CC1. The van der Waals surface area contributed by atoms with Crippen LogP contribution in [-0.4, -0.2) is 64.2 Å². The van der Waals surface area contributed by atoms with Gasteiger partial charge in [0, 0.05) is 74.7 Å². The third kappa shape index (κ3) is 4.07. The summed E-state index contributed by atoms with van der Waals surface area (Å²) in [5, 5.41) is 17.8. The Morgan fingerprint density at radius 3 is 2.08 bits per heavy atom. The van der Waals surface area contributed by atoms with Crippen LogP contribution in [0.3, 0.4) is 0 Å². The molecule has 0 aliphatic carbocycles. The Morgan fingerprint density at radius 1 is 1.08 bits per heavy atom. The monoisotopic (exact) mass is 300 g/mol. The lowest BCUT2D eigenvalue weighted by Gasteiger charge is -2.32. The van der Waals surface area contributed by atoms with Gasteiger partial charge < -0.3 is 15.1 Å². The molecular formula is C8H17IN2O2. The van der Waals surface area contributed by atoms with Crippen molar-refractivity contribution in [2.45, 2.75) is 0 Å². The van der Waals surface area contributed by atoms with Crippen molar-refractivity contribution < 1.29 is 10.2 Å². The van der Waals surface area contributed by atoms with Gasteiger partial charge in [0.1, 0.15) is 0 Å². The number of aliphatic hydroxyl groups is 2. The Morgan fingerprint density at radius 2 is 1.62 bits per heavy atom. The average Bonchev–Trinajstić information content (AvgIpc) is 2.17. The van der Waals surface area contributed by atoms with Crippen molar-refractivity contribution in [2.75, 3.05) is 45.9 Å². The number of rotatable bonds is 4.